The van der Waals surface area contributed by atoms with Crippen LogP contribution >= 0.6 is 12.4 Å². The first-order valence-corrected chi connectivity index (χ1v) is 8.37. The van der Waals surface area contributed by atoms with Crippen LogP contribution in [-0.2, 0) is 11.3 Å². The number of carbonyl (C=O) groups is 1. The number of halogens is 1. The Morgan fingerprint density at radius 3 is 2.74 bits per heavy atom. The average molecular weight is 340 g/mol. The second kappa shape index (κ2) is 9.91. The summed E-state index contributed by atoms with van der Waals surface area (Å²) in [6, 6.07) is 10.2. The van der Waals surface area contributed by atoms with E-state index in [0.29, 0.717) is 5.92 Å². The van der Waals surface area contributed by atoms with E-state index in [1.54, 1.807) is 0 Å². The van der Waals surface area contributed by atoms with E-state index in [9.17, 15) is 4.79 Å². The van der Waals surface area contributed by atoms with Crippen molar-refractivity contribution < 1.29 is 4.79 Å². The van der Waals surface area contributed by atoms with Crippen molar-refractivity contribution in [2.24, 2.45) is 11.7 Å². The molecule has 0 spiro atoms. The van der Waals surface area contributed by atoms with Gasteiger partial charge in [0.2, 0.25) is 5.91 Å². The maximum absolute atomic E-state index is 12.2. The van der Waals surface area contributed by atoms with Crippen LogP contribution in [0.3, 0.4) is 0 Å². The normalized spacial score (nSPS) is 19.2. The summed E-state index contributed by atoms with van der Waals surface area (Å²) in [5.74, 6) is 0.648. The Hall–Kier alpha value is -1.10. The number of amides is 1. The molecule has 1 heterocycles. The molecule has 2 atom stereocenters. The van der Waals surface area contributed by atoms with E-state index in [-0.39, 0.29) is 24.4 Å². The van der Waals surface area contributed by atoms with Crippen LogP contribution in [-0.4, -0.2) is 48.4 Å². The molecule has 5 heteroatoms. The highest BCUT2D eigenvalue weighted by atomic mass is 35.5. The highest BCUT2D eigenvalue weighted by Crippen LogP contribution is 2.19. The molecule has 0 aromatic heterocycles. The molecule has 2 rings (SSSR count). The summed E-state index contributed by atoms with van der Waals surface area (Å²) >= 11 is 0. The maximum atomic E-state index is 12.2. The molecule has 4 nitrogen and oxygen atoms in total. The smallest absolute Gasteiger partial charge is 0.239 e. The summed E-state index contributed by atoms with van der Waals surface area (Å²) < 4.78 is 0. The number of likely N-dealkylation sites (N-methyl/N-ethyl adjacent to an activating group) is 1. The van der Waals surface area contributed by atoms with Gasteiger partial charge in [-0.2, -0.15) is 0 Å². The summed E-state index contributed by atoms with van der Waals surface area (Å²) in [6.07, 6.45) is 2.89. The molecule has 23 heavy (non-hydrogen) atoms. The van der Waals surface area contributed by atoms with Crippen molar-refractivity contribution in [3.8, 4) is 0 Å². The van der Waals surface area contributed by atoms with E-state index in [0.717, 1.165) is 45.4 Å². The number of nitrogens with two attached hydrogens (primary N) is 1. The molecule has 1 amide bonds. The first-order valence-electron chi connectivity index (χ1n) is 8.37. The molecule has 0 radical (unpaired) electrons. The van der Waals surface area contributed by atoms with Crippen LogP contribution in [0.2, 0.25) is 0 Å². The first-order chi connectivity index (χ1) is 10.6. The van der Waals surface area contributed by atoms with E-state index in [2.05, 4.69) is 42.2 Å². The maximum Gasteiger partial charge on any atom is 0.239 e. The van der Waals surface area contributed by atoms with Crippen molar-refractivity contribution in [2.75, 3.05) is 26.7 Å². The minimum Gasteiger partial charge on any atom is -0.344 e. The van der Waals surface area contributed by atoms with Gasteiger partial charge in [0.15, 0.2) is 0 Å². The number of likely N-dealkylation sites (tertiary alicyclic amines) is 1. The number of rotatable bonds is 7. The topological polar surface area (TPSA) is 49.6 Å². The van der Waals surface area contributed by atoms with Gasteiger partial charge < -0.3 is 10.6 Å². The molecule has 0 saturated carbocycles. The van der Waals surface area contributed by atoms with E-state index in [1.165, 1.54) is 5.56 Å². The predicted octanol–water partition coefficient (Wildman–Crippen LogP) is 2.52. The zero-order valence-electron chi connectivity index (χ0n) is 14.3. The number of nitrogens with zero attached hydrogens (tertiary/aromatic N) is 2. The van der Waals surface area contributed by atoms with Crippen molar-refractivity contribution in [3.05, 3.63) is 35.9 Å². The van der Waals surface area contributed by atoms with Crippen LogP contribution in [0.1, 0.15) is 31.7 Å². The molecule has 2 N–H and O–H groups in total. The summed E-state index contributed by atoms with van der Waals surface area (Å²) in [5.41, 5.74) is 7.29. The zero-order chi connectivity index (χ0) is 15.9. The van der Waals surface area contributed by atoms with Crippen molar-refractivity contribution in [1.29, 1.82) is 0 Å². The molecule has 1 aliphatic heterocycles. The van der Waals surface area contributed by atoms with Gasteiger partial charge in [0, 0.05) is 26.7 Å². The van der Waals surface area contributed by atoms with E-state index in [1.807, 2.05) is 11.9 Å². The molecule has 1 saturated heterocycles. The predicted molar refractivity (Wildman–Crippen MR) is 97.6 cm³/mol. The third-order valence-corrected chi connectivity index (χ3v) is 4.44. The average Bonchev–Trinajstić information content (AvgIpc) is 2.94. The molecule has 2 unspecified atom stereocenters. The van der Waals surface area contributed by atoms with Gasteiger partial charge in [-0.1, -0.05) is 43.7 Å². The Morgan fingerprint density at radius 1 is 1.39 bits per heavy atom. The van der Waals surface area contributed by atoms with Crippen molar-refractivity contribution in [1.82, 2.24) is 9.80 Å². The molecule has 130 valence electrons. The quantitative estimate of drug-likeness (QED) is 0.830. The third kappa shape index (κ3) is 6.13. The number of hydrogen-bond acceptors (Lipinski definition) is 3. The molecular formula is C18H30ClN3O. The molecule has 1 aromatic rings. The fourth-order valence-electron chi connectivity index (χ4n) is 3.24. The lowest BCUT2D eigenvalue weighted by atomic mass is 10.1. The summed E-state index contributed by atoms with van der Waals surface area (Å²) in [4.78, 5) is 16.5. The van der Waals surface area contributed by atoms with Crippen molar-refractivity contribution in [3.63, 3.8) is 0 Å². The number of hydrogen-bond donors (Lipinski definition) is 1. The highest BCUT2D eigenvalue weighted by Gasteiger charge is 2.26. The van der Waals surface area contributed by atoms with Crippen LogP contribution in [0.15, 0.2) is 30.3 Å². The minimum atomic E-state index is -0.336. The van der Waals surface area contributed by atoms with Gasteiger partial charge in [-0.15, -0.1) is 12.4 Å². The van der Waals surface area contributed by atoms with Gasteiger partial charge in [0.05, 0.1) is 6.04 Å². The third-order valence-electron chi connectivity index (χ3n) is 4.44. The first kappa shape index (κ1) is 19.9. The van der Waals surface area contributed by atoms with Gasteiger partial charge in [-0.05, 0) is 30.9 Å². The molecule has 1 fully saturated rings. The Morgan fingerprint density at radius 2 is 2.09 bits per heavy atom. The summed E-state index contributed by atoms with van der Waals surface area (Å²) in [7, 11) is 1.89. The largest absolute Gasteiger partial charge is 0.344 e. The molecule has 0 aliphatic carbocycles. The van der Waals surface area contributed by atoms with Crippen LogP contribution in [0.25, 0.3) is 0 Å². The Kier molecular flexibility index (Phi) is 8.59. The lowest BCUT2D eigenvalue weighted by Crippen LogP contribution is -2.43. The number of carbonyl (C=O) groups excluding carboxylic acids is 1. The summed E-state index contributed by atoms with van der Waals surface area (Å²) in [6.45, 7) is 6.07. The van der Waals surface area contributed by atoms with Crippen molar-refractivity contribution in [2.45, 2.75) is 38.8 Å². The standard InChI is InChI=1S/C18H29N3O.ClH/c1-3-7-17(19)18(22)20(2)12-16-10-11-21(14-16)13-15-8-5-4-6-9-15;/h4-6,8-9,16-17H,3,7,10-14,19H2,1-2H3;1H. The van der Waals surface area contributed by atoms with Gasteiger partial charge in [0.1, 0.15) is 0 Å². The van der Waals surface area contributed by atoms with E-state index < -0.39 is 0 Å². The van der Waals surface area contributed by atoms with Crippen LogP contribution in [0, 0.1) is 5.92 Å². The zero-order valence-corrected chi connectivity index (χ0v) is 15.1. The molecule has 0 bridgehead atoms. The summed E-state index contributed by atoms with van der Waals surface area (Å²) in [5, 5.41) is 0. The Bertz CT molecular complexity index is 469. The van der Waals surface area contributed by atoms with Crippen LogP contribution in [0.5, 0.6) is 0 Å². The molecule has 1 aromatic carbocycles. The van der Waals surface area contributed by atoms with Crippen LogP contribution < -0.4 is 5.73 Å². The Balaban J connectivity index is 0.00000264. The SMILES string of the molecule is CCCC(N)C(=O)N(C)CC1CCN(Cc2ccccc2)C1.Cl. The van der Waals surface area contributed by atoms with Gasteiger partial charge in [-0.25, -0.2) is 0 Å². The molecular weight excluding hydrogens is 310 g/mol. The van der Waals surface area contributed by atoms with Gasteiger partial charge in [-0.3, -0.25) is 9.69 Å². The fourth-order valence-corrected chi connectivity index (χ4v) is 3.24. The lowest BCUT2D eigenvalue weighted by molar-refractivity contribution is -0.132. The van der Waals surface area contributed by atoms with Crippen molar-refractivity contribution >= 4 is 18.3 Å². The fraction of sp³-hybridized carbons (Fsp3) is 0.611. The van der Waals surface area contributed by atoms with Gasteiger partial charge in [0.25, 0.3) is 0 Å². The number of benzene rings is 1. The Labute approximate surface area is 146 Å². The van der Waals surface area contributed by atoms with Crippen LogP contribution in [0.4, 0.5) is 0 Å². The highest BCUT2D eigenvalue weighted by molar-refractivity contribution is 5.85. The minimum absolute atomic E-state index is 0. The molecule has 1 aliphatic rings. The lowest BCUT2D eigenvalue weighted by Gasteiger charge is -2.24. The second-order valence-corrected chi connectivity index (χ2v) is 6.49. The van der Waals surface area contributed by atoms with E-state index >= 15 is 0 Å². The van der Waals surface area contributed by atoms with E-state index in [4.69, 9.17) is 5.73 Å². The van der Waals surface area contributed by atoms with Gasteiger partial charge >= 0.3 is 0 Å². The monoisotopic (exact) mass is 339 g/mol. The second-order valence-electron chi connectivity index (χ2n) is 6.49.